The molecule has 0 amide bonds. The van der Waals surface area contributed by atoms with Gasteiger partial charge in [-0.3, -0.25) is 4.98 Å². The minimum absolute atomic E-state index is 0.0751. The SMILES string of the molecule is C[C@@H](Oc1ccc2c(c1)c(Cl)nn2C1CCCCO1)c1c(Cl)cncc1Cl. The molecule has 3 aromatic rings. The van der Waals surface area contributed by atoms with Crippen LogP contribution >= 0.6 is 34.8 Å². The van der Waals surface area contributed by atoms with Gasteiger partial charge in [-0.1, -0.05) is 34.8 Å². The summed E-state index contributed by atoms with van der Waals surface area (Å²) < 4.78 is 13.8. The highest BCUT2D eigenvalue weighted by atomic mass is 35.5. The lowest BCUT2D eigenvalue weighted by Gasteiger charge is -2.23. The van der Waals surface area contributed by atoms with E-state index in [1.54, 1.807) is 12.4 Å². The minimum Gasteiger partial charge on any atom is -0.486 e. The molecule has 0 radical (unpaired) electrons. The summed E-state index contributed by atoms with van der Waals surface area (Å²) in [5.41, 5.74) is 1.62. The first-order chi connectivity index (χ1) is 13.0. The van der Waals surface area contributed by atoms with Crippen molar-refractivity contribution in [2.75, 3.05) is 6.61 Å². The maximum Gasteiger partial charge on any atom is 0.159 e. The Hall–Kier alpha value is -1.53. The molecule has 27 heavy (non-hydrogen) atoms. The minimum atomic E-state index is -0.346. The molecule has 1 unspecified atom stereocenters. The fourth-order valence-corrected chi connectivity index (χ4v) is 4.27. The van der Waals surface area contributed by atoms with Crippen LogP contribution in [0.25, 0.3) is 10.9 Å². The summed E-state index contributed by atoms with van der Waals surface area (Å²) in [5.74, 6) is 0.657. The third-order valence-electron chi connectivity index (χ3n) is 4.67. The molecule has 2 aromatic heterocycles. The number of aromatic nitrogens is 3. The van der Waals surface area contributed by atoms with Crippen molar-refractivity contribution in [2.24, 2.45) is 0 Å². The van der Waals surface area contributed by atoms with Crippen molar-refractivity contribution in [3.05, 3.63) is 51.4 Å². The summed E-state index contributed by atoms with van der Waals surface area (Å²) >= 11 is 18.8. The molecule has 0 aliphatic carbocycles. The van der Waals surface area contributed by atoms with Crippen molar-refractivity contribution in [3.8, 4) is 5.75 Å². The van der Waals surface area contributed by atoms with Gasteiger partial charge in [0.1, 0.15) is 11.9 Å². The van der Waals surface area contributed by atoms with Crippen molar-refractivity contribution < 1.29 is 9.47 Å². The van der Waals surface area contributed by atoms with Crippen LogP contribution in [0.4, 0.5) is 0 Å². The van der Waals surface area contributed by atoms with E-state index in [0.29, 0.717) is 26.5 Å². The second kappa shape index (κ2) is 7.84. The predicted molar refractivity (Wildman–Crippen MR) is 107 cm³/mol. The van der Waals surface area contributed by atoms with E-state index in [4.69, 9.17) is 44.3 Å². The van der Waals surface area contributed by atoms with Gasteiger partial charge < -0.3 is 9.47 Å². The number of hydrogen-bond donors (Lipinski definition) is 0. The van der Waals surface area contributed by atoms with Crippen LogP contribution in [-0.2, 0) is 4.74 Å². The van der Waals surface area contributed by atoms with Crippen LogP contribution < -0.4 is 4.74 Å². The van der Waals surface area contributed by atoms with E-state index in [0.717, 1.165) is 36.8 Å². The summed E-state index contributed by atoms with van der Waals surface area (Å²) in [6.45, 7) is 2.63. The molecule has 0 saturated carbocycles. The van der Waals surface area contributed by atoms with E-state index in [1.807, 2.05) is 29.8 Å². The molecule has 0 bridgehead atoms. The molecular formula is C19H18Cl3N3O2. The smallest absolute Gasteiger partial charge is 0.159 e. The van der Waals surface area contributed by atoms with Crippen molar-refractivity contribution in [2.45, 2.75) is 38.5 Å². The van der Waals surface area contributed by atoms with Gasteiger partial charge in [0.05, 0.1) is 15.6 Å². The maximum absolute atomic E-state index is 6.38. The van der Waals surface area contributed by atoms with E-state index in [-0.39, 0.29) is 12.3 Å². The zero-order valence-corrected chi connectivity index (χ0v) is 16.9. The molecule has 0 spiro atoms. The Morgan fingerprint density at radius 2 is 1.96 bits per heavy atom. The molecule has 0 N–H and O–H groups in total. The number of benzene rings is 1. The van der Waals surface area contributed by atoms with E-state index in [1.165, 1.54) is 0 Å². The summed E-state index contributed by atoms with van der Waals surface area (Å²) in [6, 6.07) is 5.71. The molecule has 1 aliphatic rings. The molecule has 1 fully saturated rings. The summed E-state index contributed by atoms with van der Waals surface area (Å²) in [4.78, 5) is 3.97. The highest BCUT2D eigenvalue weighted by Crippen LogP contribution is 2.35. The Bertz CT molecular complexity index is 950. The van der Waals surface area contributed by atoms with Gasteiger partial charge in [-0.25, -0.2) is 4.68 Å². The fourth-order valence-electron chi connectivity index (χ4n) is 3.36. The standard InChI is InChI=1S/C19H18Cl3N3O2/c1-11(18-14(20)9-23-10-15(18)21)27-12-5-6-16-13(8-12)19(22)24-25(16)17-4-2-3-7-26-17/h5-6,8-11,17H,2-4,7H2,1H3/t11-,17?/m1/s1. The predicted octanol–water partition coefficient (Wildman–Crippen LogP) is 6.23. The van der Waals surface area contributed by atoms with Crippen LogP contribution in [0.1, 0.15) is 44.1 Å². The number of halogens is 3. The molecule has 5 nitrogen and oxygen atoms in total. The lowest BCUT2D eigenvalue weighted by Crippen LogP contribution is -2.19. The first kappa shape index (κ1) is 18.8. The van der Waals surface area contributed by atoms with Gasteiger partial charge in [-0.05, 0) is 44.4 Å². The van der Waals surface area contributed by atoms with Crippen LogP contribution in [0.2, 0.25) is 15.2 Å². The van der Waals surface area contributed by atoms with Crippen molar-refractivity contribution >= 4 is 45.7 Å². The van der Waals surface area contributed by atoms with E-state index >= 15 is 0 Å². The highest BCUT2D eigenvalue weighted by Gasteiger charge is 2.21. The van der Waals surface area contributed by atoms with Crippen molar-refractivity contribution in [3.63, 3.8) is 0 Å². The molecule has 2 atom stereocenters. The van der Waals surface area contributed by atoms with Crippen LogP contribution in [0.3, 0.4) is 0 Å². The van der Waals surface area contributed by atoms with Gasteiger partial charge in [-0.2, -0.15) is 5.10 Å². The lowest BCUT2D eigenvalue weighted by molar-refractivity contribution is -0.0366. The molecule has 1 aliphatic heterocycles. The summed E-state index contributed by atoms with van der Waals surface area (Å²) in [6.07, 6.45) is 5.82. The average Bonchev–Trinajstić information content (AvgIpc) is 2.99. The third kappa shape index (κ3) is 3.74. The topological polar surface area (TPSA) is 49.2 Å². The first-order valence-corrected chi connectivity index (χ1v) is 9.93. The van der Waals surface area contributed by atoms with Gasteiger partial charge in [0.2, 0.25) is 0 Å². The quantitative estimate of drug-likeness (QED) is 0.496. The Balaban J connectivity index is 1.63. The van der Waals surface area contributed by atoms with E-state index < -0.39 is 0 Å². The number of ether oxygens (including phenoxy) is 2. The van der Waals surface area contributed by atoms with Gasteiger partial charge in [-0.15, -0.1) is 0 Å². The van der Waals surface area contributed by atoms with Gasteiger partial charge in [0.25, 0.3) is 0 Å². The number of hydrogen-bond acceptors (Lipinski definition) is 4. The normalized spacial score (nSPS) is 18.6. The number of fused-ring (bicyclic) bond motifs is 1. The van der Waals surface area contributed by atoms with Gasteiger partial charge >= 0.3 is 0 Å². The monoisotopic (exact) mass is 425 g/mol. The van der Waals surface area contributed by atoms with Crippen LogP contribution in [0.15, 0.2) is 30.6 Å². The van der Waals surface area contributed by atoms with E-state index in [9.17, 15) is 0 Å². The summed E-state index contributed by atoms with van der Waals surface area (Å²) in [5, 5.41) is 6.66. The molecule has 4 rings (SSSR count). The van der Waals surface area contributed by atoms with Crippen molar-refractivity contribution in [1.82, 2.24) is 14.8 Å². The second-order valence-corrected chi connectivity index (χ2v) is 7.68. The zero-order valence-electron chi connectivity index (χ0n) is 14.7. The third-order valence-corrected chi connectivity index (χ3v) is 5.55. The van der Waals surface area contributed by atoms with E-state index in [2.05, 4.69) is 10.1 Å². The molecule has 1 saturated heterocycles. The first-order valence-electron chi connectivity index (χ1n) is 8.79. The second-order valence-electron chi connectivity index (χ2n) is 6.51. The Kier molecular flexibility index (Phi) is 5.46. The largest absolute Gasteiger partial charge is 0.486 e. The van der Waals surface area contributed by atoms with Gasteiger partial charge in [0.15, 0.2) is 11.4 Å². The zero-order chi connectivity index (χ0) is 19.0. The Morgan fingerprint density at radius 3 is 2.67 bits per heavy atom. The van der Waals surface area contributed by atoms with Crippen LogP contribution in [0, 0.1) is 0 Å². The maximum atomic E-state index is 6.38. The number of nitrogens with zero attached hydrogens (tertiary/aromatic N) is 3. The molecule has 8 heteroatoms. The average molecular weight is 427 g/mol. The highest BCUT2D eigenvalue weighted by molar-refractivity contribution is 6.36. The molecule has 3 heterocycles. The molecule has 142 valence electrons. The van der Waals surface area contributed by atoms with Crippen molar-refractivity contribution in [1.29, 1.82) is 0 Å². The molecular weight excluding hydrogens is 409 g/mol. The fraction of sp³-hybridized carbons (Fsp3) is 0.368. The molecule has 1 aromatic carbocycles. The van der Waals surface area contributed by atoms with Gasteiger partial charge in [0, 0.05) is 30.0 Å². The Morgan fingerprint density at radius 1 is 1.19 bits per heavy atom. The lowest BCUT2D eigenvalue weighted by atomic mass is 10.1. The summed E-state index contributed by atoms with van der Waals surface area (Å²) in [7, 11) is 0. The van der Waals surface area contributed by atoms with Crippen LogP contribution in [-0.4, -0.2) is 21.4 Å². The Labute approximate surface area is 172 Å². The van der Waals surface area contributed by atoms with Crippen LogP contribution in [0.5, 0.6) is 5.75 Å². The number of pyridine rings is 1. The number of rotatable bonds is 4.